The van der Waals surface area contributed by atoms with E-state index in [0.717, 1.165) is 0 Å². The van der Waals surface area contributed by atoms with E-state index in [1.807, 2.05) is 0 Å². The first-order valence-electron chi connectivity index (χ1n) is 3.81. The van der Waals surface area contributed by atoms with Crippen LogP contribution in [0.15, 0.2) is 18.2 Å². The molecule has 0 unspecified atom stereocenters. The van der Waals surface area contributed by atoms with Crippen molar-refractivity contribution in [2.75, 3.05) is 6.54 Å². The summed E-state index contributed by atoms with van der Waals surface area (Å²) in [6.07, 6.45) is 0. The third-order valence-electron chi connectivity index (χ3n) is 1.31. The van der Waals surface area contributed by atoms with Crippen LogP contribution in [0.2, 0.25) is 5.02 Å². The van der Waals surface area contributed by atoms with Gasteiger partial charge in [-0.3, -0.25) is 4.79 Å². The van der Waals surface area contributed by atoms with E-state index in [1.54, 1.807) is 19.1 Å². The highest BCUT2D eigenvalue weighted by Gasteiger charge is 1.94. The van der Waals surface area contributed by atoms with Crippen molar-refractivity contribution in [3.05, 3.63) is 34.6 Å². The number of aliphatic carboxylic acids is 1. The molecule has 0 spiro atoms. The lowest BCUT2D eigenvalue weighted by Crippen LogP contribution is -2.10. The first-order valence-corrected chi connectivity index (χ1v) is 4.18. The summed E-state index contributed by atoms with van der Waals surface area (Å²) >= 11 is 5.48. The van der Waals surface area contributed by atoms with Gasteiger partial charge < -0.3 is 10.8 Å². The van der Waals surface area contributed by atoms with Crippen molar-refractivity contribution in [3.8, 4) is 0 Å². The van der Waals surface area contributed by atoms with Gasteiger partial charge in [-0.05, 0) is 24.6 Å². The zero-order chi connectivity index (χ0) is 11.1. The van der Waals surface area contributed by atoms with Crippen molar-refractivity contribution in [3.63, 3.8) is 0 Å². The Morgan fingerprint density at radius 1 is 1.64 bits per heavy atom. The number of rotatable bonds is 1. The molecule has 0 aliphatic heterocycles. The quantitative estimate of drug-likeness (QED) is 0.757. The van der Waals surface area contributed by atoms with Gasteiger partial charge in [-0.2, -0.15) is 0 Å². The van der Waals surface area contributed by atoms with E-state index in [0.29, 0.717) is 10.6 Å². The molecule has 0 radical (unpaired) electrons. The van der Waals surface area contributed by atoms with Gasteiger partial charge in [-0.1, -0.05) is 17.7 Å². The number of halogens is 2. The summed E-state index contributed by atoms with van der Waals surface area (Å²) < 4.78 is 12.5. The van der Waals surface area contributed by atoms with Gasteiger partial charge in [0.2, 0.25) is 0 Å². The second-order valence-electron chi connectivity index (χ2n) is 2.49. The second kappa shape index (κ2) is 6.34. The number of nitrogens with two attached hydrogens (primary N) is 1. The van der Waals surface area contributed by atoms with E-state index in [4.69, 9.17) is 16.7 Å². The number of carboxylic acid groups (broad SMARTS) is 1. The topological polar surface area (TPSA) is 63.3 Å². The Kier molecular flexibility index (Phi) is 5.83. The molecule has 3 nitrogen and oxygen atoms in total. The fourth-order valence-corrected chi connectivity index (χ4v) is 0.726. The third kappa shape index (κ3) is 5.50. The third-order valence-corrected chi connectivity index (χ3v) is 1.54. The lowest BCUT2D eigenvalue weighted by Gasteiger charge is -1.93. The van der Waals surface area contributed by atoms with Crippen LogP contribution in [0.3, 0.4) is 0 Å². The monoisotopic (exact) mass is 219 g/mol. The summed E-state index contributed by atoms with van der Waals surface area (Å²) in [4.78, 5) is 9.24. The molecule has 0 atom stereocenters. The molecule has 14 heavy (non-hydrogen) atoms. The normalized spacial score (nSPS) is 8.86. The Bertz CT molecular complexity index is 318. The Morgan fingerprint density at radius 3 is 2.43 bits per heavy atom. The first kappa shape index (κ1) is 12.9. The molecule has 0 heterocycles. The predicted octanol–water partition coefficient (Wildman–Crippen LogP) is 1.82. The molecule has 0 bridgehead atoms. The Hall–Kier alpha value is -1.13. The summed E-state index contributed by atoms with van der Waals surface area (Å²) in [5.74, 6) is -1.22. The molecule has 0 aliphatic rings. The van der Waals surface area contributed by atoms with Crippen LogP contribution < -0.4 is 5.73 Å². The Balaban J connectivity index is 0.000000292. The molecule has 1 rings (SSSR count). The number of benzene rings is 1. The zero-order valence-electron chi connectivity index (χ0n) is 7.63. The van der Waals surface area contributed by atoms with Crippen LogP contribution in [-0.4, -0.2) is 17.6 Å². The minimum absolute atomic E-state index is 0.248. The molecule has 5 heteroatoms. The van der Waals surface area contributed by atoms with Gasteiger partial charge in [-0.25, -0.2) is 4.39 Å². The van der Waals surface area contributed by atoms with Crippen LogP contribution in [0, 0.1) is 12.7 Å². The van der Waals surface area contributed by atoms with E-state index >= 15 is 0 Å². The maximum atomic E-state index is 12.5. The number of aryl methyl sites for hydroxylation is 1. The minimum Gasteiger partial charge on any atom is -0.480 e. The first-order chi connectivity index (χ1) is 6.47. The largest absolute Gasteiger partial charge is 0.480 e. The van der Waals surface area contributed by atoms with Crippen molar-refractivity contribution in [1.82, 2.24) is 0 Å². The molecule has 0 saturated heterocycles. The number of hydrogen-bond acceptors (Lipinski definition) is 2. The van der Waals surface area contributed by atoms with Crippen LogP contribution in [0.5, 0.6) is 0 Å². The highest BCUT2D eigenvalue weighted by atomic mass is 35.5. The summed E-state index contributed by atoms with van der Waals surface area (Å²) in [6, 6.07) is 4.62. The van der Waals surface area contributed by atoms with Crippen LogP contribution in [-0.2, 0) is 4.79 Å². The molecular weight excluding hydrogens is 209 g/mol. The SMILES string of the molecule is Cc1ccc(Cl)cc1F.NCC(=O)O. The molecule has 0 amide bonds. The molecule has 0 aromatic heterocycles. The van der Waals surface area contributed by atoms with Crippen LogP contribution in [0.4, 0.5) is 4.39 Å². The van der Waals surface area contributed by atoms with Gasteiger partial charge in [0.25, 0.3) is 0 Å². The van der Waals surface area contributed by atoms with E-state index in [1.165, 1.54) is 6.07 Å². The van der Waals surface area contributed by atoms with Crippen molar-refractivity contribution in [2.24, 2.45) is 5.73 Å². The van der Waals surface area contributed by atoms with Gasteiger partial charge in [0, 0.05) is 5.02 Å². The maximum absolute atomic E-state index is 12.5. The molecule has 1 aromatic carbocycles. The summed E-state index contributed by atoms with van der Waals surface area (Å²) in [7, 11) is 0. The maximum Gasteiger partial charge on any atom is 0.317 e. The minimum atomic E-state index is -0.968. The zero-order valence-corrected chi connectivity index (χ0v) is 8.38. The van der Waals surface area contributed by atoms with Gasteiger partial charge in [0.15, 0.2) is 0 Å². The highest BCUT2D eigenvalue weighted by molar-refractivity contribution is 6.30. The van der Waals surface area contributed by atoms with E-state index in [-0.39, 0.29) is 12.4 Å². The second-order valence-corrected chi connectivity index (χ2v) is 2.93. The summed E-state index contributed by atoms with van der Waals surface area (Å²) in [6.45, 7) is 1.42. The van der Waals surface area contributed by atoms with Crippen molar-refractivity contribution in [1.29, 1.82) is 0 Å². The van der Waals surface area contributed by atoms with Crippen LogP contribution >= 0.6 is 11.6 Å². The number of carboxylic acids is 1. The Morgan fingerprint density at radius 2 is 2.14 bits per heavy atom. The van der Waals surface area contributed by atoms with Gasteiger partial charge >= 0.3 is 5.97 Å². The van der Waals surface area contributed by atoms with Crippen molar-refractivity contribution >= 4 is 17.6 Å². The molecule has 3 N–H and O–H groups in total. The highest BCUT2D eigenvalue weighted by Crippen LogP contribution is 2.12. The lowest BCUT2D eigenvalue weighted by atomic mass is 10.2. The number of carbonyl (C=O) groups is 1. The predicted molar refractivity (Wildman–Crippen MR) is 52.8 cm³/mol. The fraction of sp³-hybridized carbons (Fsp3) is 0.222. The fourth-order valence-electron chi connectivity index (χ4n) is 0.567. The summed E-state index contributed by atoms with van der Waals surface area (Å²) in [5, 5.41) is 8.04. The smallest absolute Gasteiger partial charge is 0.317 e. The van der Waals surface area contributed by atoms with Crippen molar-refractivity contribution in [2.45, 2.75) is 6.92 Å². The Labute approximate surface area is 86.3 Å². The number of hydrogen-bond donors (Lipinski definition) is 2. The molecule has 1 aromatic rings. The van der Waals surface area contributed by atoms with Crippen LogP contribution in [0.25, 0.3) is 0 Å². The van der Waals surface area contributed by atoms with Crippen molar-refractivity contribution < 1.29 is 14.3 Å². The average molecular weight is 220 g/mol. The van der Waals surface area contributed by atoms with Crippen LogP contribution in [0.1, 0.15) is 5.56 Å². The molecular formula is C9H11ClFNO2. The van der Waals surface area contributed by atoms with E-state index in [9.17, 15) is 9.18 Å². The van der Waals surface area contributed by atoms with Gasteiger partial charge in [-0.15, -0.1) is 0 Å². The van der Waals surface area contributed by atoms with Gasteiger partial charge in [0.1, 0.15) is 5.82 Å². The molecule has 0 aliphatic carbocycles. The van der Waals surface area contributed by atoms with Gasteiger partial charge in [0.05, 0.1) is 6.54 Å². The molecule has 78 valence electrons. The molecule has 0 fully saturated rings. The lowest BCUT2D eigenvalue weighted by molar-refractivity contribution is -0.135. The average Bonchev–Trinajstić information content (AvgIpc) is 2.13. The molecule has 0 saturated carbocycles. The summed E-state index contributed by atoms with van der Waals surface area (Å²) in [5.41, 5.74) is 5.20. The standard InChI is InChI=1S/C7H6ClF.C2H5NO2/c1-5-2-3-6(8)4-7(5)9;3-1-2(4)5/h2-4H,1H3;1,3H2,(H,4,5). The van der Waals surface area contributed by atoms with E-state index in [2.05, 4.69) is 5.73 Å². The van der Waals surface area contributed by atoms with E-state index < -0.39 is 5.97 Å².